The highest BCUT2D eigenvalue weighted by Crippen LogP contribution is 2.74. The summed E-state index contributed by atoms with van der Waals surface area (Å²) >= 11 is 0. The first-order valence-electron chi connectivity index (χ1n) is 10.6. The average Bonchev–Trinajstić information content (AvgIpc) is 3.29. The lowest BCUT2D eigenvalue weighted by Crippen LogP contribution is -2.68. The highest BCUT2D eigenvalue weighted by atomic mass is 19.1. The Labute approximate surface area is 178 Å². The summed E-state index contributed by atoms with van der Waals surface area (Å²) in [6, 6.07) is 9.26. The maximum atomic E-state index is 13.7. The van der Waals surface area contributed by atoms with Gasteiger partial charge in [-0.1, -0.05) is 6.07 Å². The molecule has 1 unspecified atom stereocenters. The SMILES string of the molecule is Cc1ccc2c(c1)ncn2CC12CC(C(=O)N3N=CCC3c3cc(F)cc(F)c3)(C1)C2. The summed E-state index contributed by atoms with van der Waals surface area (Å²) < 4.78 is 29.6. The number of nitrogens with zero attached hydrogens (tertiary/aromatic N) is 4. The molecule has 0 spiro atoms. The number of carbonyl (C=O) groups excluding carboxylic acids is 1. The molecule has 1 atom stereocenters. The van der Waals surface area contributed by atoms with Gasteiger partial charge < -0.3 is 4.57 Å². The van der Waals surface area contributed by atoms with Gasteiger partial charge in [-0.05, 0) is 67.0 Å². The second-order valence-electron chi connectivity index (χ2n) is 9.58. The Morgan fingerprint density at radius 1 is 1.13 bits per heavy atom. The maximum absolute atomic E-state index is 13.7. The van der Waals surface area contributed by atoms with Gasteiger partial charge in [0.15, 0.2) is 0 Å². The van der Waals surface area contributed by atoms with Crippen LogP contribution in [0.3, 0.4) is 0 Å². The van der Waals surface area contributed by atoms with Crippen LogP contribution in [0, 0.1) is 29.4 Å². The number of amides is 1. The number of fused-ring (bicyclic) bond motifs is 1. The molecule has 0 N–H and O–H groups in total. The molecule has 3 saturated carbocycles. The van der Waals surface area contributed by atoms with E-state index in [0.717, 1.165) is 42.9 Å². The number of carbonyl (C=O) groups is 1. The summed E-state index contributed by atoms with van der Waals surface area (Å²) in [4.78, 5) is 17.9. The first-order valence-corrected chi connectivity index (χ1v) is 10.6. The van der Waals surface area contributed by atoms with E-state index in [1.54, 1.807) is 6.21 Å². The lowest BCUT2D eigenvalue weighted by atomic mass is 9.34. The monoisotopic (exact) mass is 420 g/mol. The first kappa shape index (κ1) is 18.7. The summed E-state index contributed by atoms with van der Waals surface area (Å²) in [6.45, 7) is 2.91. The summed E-state index contributed by atoms with van der Waals surface area (Å²) in [5.74, 6) is -1.30. The molecule has 7 heteroatoms. The maximum Gasteiger partial charge on any atom is 0.249 e. The molecule has 1 amide bonds. The van der Waals surface area contributed by atoms with E-state index in [1.165, 1.54) is 22.7 Å². The highest BCUT2D eigenvalue weighted by molar-refractivity contribution is 5.88. The zero-order valence-corrected chi connectivity index (χ0v) is 17.2. The van der Waals surface area contributed by atoms with Crippen LogP contribution in [-0.4, -0.2) is 26.7 Å². The highest BCUT2D eigenvalue weighted by Gasteiger charge is 2.72. The van der Waals surface area contributed by atoms with Crippen molar-refractivity contribution in [2.24, 2.45) is 15.9 Å². The third kappa shape index (κ3) is 2.75. The number of hydrazone groups is 1. The Hall–Kier alpha value is -3.09. The van der Waals surface area contributed by atoms with Crippen LogP contribution in [0.25, 0.3) is 11.0 Å². The summed E-state index contributed by atoms with van der Waals surface area (Å²) in [6.07, 6.45) is 6.47. The number of aromatic nitrogens is 2. The van der Waals surface area contributed by atoms with Gasteiger partial charge in [-0.25, -0.2) is 18.8 Å². The predicted octanol–water partition coefficient (Wildman–Crippen LogP) is 4.75. The third-order valence-corrected chi connectivity index (χ3v) is 7.18. The molecule has 2 bridgehead atoms. The minimum Gasteiger partial charge on any atom is -0.330 e. The van der Waals surface area contributed by atoms with Crippen LogP contribution < -0.4 is 0 Å². The first-order chi connectivity index (χ1) is 14.9. The zero-order chi connectivity index (χ0) is 21.4. The number of hydrogen-bond acceptors (Lipinski definition) is 3. The quantitative estimate of drug-likeness (QED) is 0.612. The molecule has 7 rings (SSSR count). The summed E-state index contributed by atoms with van der Waals surface area (Å²) in [5, 5.41) is 5.72. The second-order valence-corrected chi connectivity index (χ2v) is 9.58. The van der Waals surface area contributed by atoms with Crippen LogP contribution >= 0.6 is 0 Å². The van der Waals surface area contributed by atoms with Crippen molar-refractivity contribution in [3.63, 3.8) is 0 Å². The van der Waals surface area contributed by atoms with Crippen LogP contribution in [-0.2, 0) is 11.3 Å². The molecular formula is C24H22F2N4O. The Balaban J connectivity index is 1.18. The normalized spacial score (nSPS) is 28.6. The molecule has 3 aliphatic carbocycles. The Bertz CT molecular complexity index is 1220. The van der Waals surface area contributed by atoms with E-state index in [9.17, 15) is 13.6 Å². The van der Waals surface area contributed by atoms with Gasteiger partial charge in [0.25, 0.3) is 0 Å². The molecule has 31 heavy (non-hydrogen) atoms. The smallest absolute Gasteiger partial charge is 0.249 e. The topological polar surface area (TPSA) is 50.5 Å². The fraction of sp³-hybridized carbons (Fsp3) is 0.375. The number of hydrogen-bond donors (Lipinski definition) is 0. The molecule has 2 aromatic carbocycles. The van der Waals surface area contributed by atoms with Crippen molar-refractivity contribution in [2.75, 3.05) is 0 Å². The Morgan fingerprint density at radius 2 is 1.87 bits per heavy atom. The number of rotatable bonds is 4. The molecular weight excluding hydrogens is 398 g/mol. The van der Waals surface area contributed by atoms with Crippen LogP contribution in [0.2, 0.25) is 0 Å². The van der Waals surface area contributed by atoms with Gasteiger partial charge in [-0.15, -0.1) is 0 Å². The van der Waals surface area contributed by atoms with Gasteiger partial charge in [0.1, 0.15) is 11.6 Å². The van der Waals surface area contributed by atoms with E-state index in [2.05, 4.69) is 39.8 Å². The lowest BCUT2D eigenvalue weighted by Gasteiger charge is -2.70. The third-order valence-electron chi connectivity index (χ3n) is 7.18. The van der Waals surface area contributed by atoms with Crippen molar-refractivity contribution in [2.45, 2.75) is 45.2 Å². The van der Waals surface area contributed by atoms with Gasteiger partial charge in [-0.3, -0.25) is 4.79 Å². The van der Waals surface area contributed by atoms with E-state index in [4.69, 9.17) is 0 Å². The van der Waals surface area contributed by atoms with E-state index < -0.39 is 23.1 Å². The minimum atomic E-state index is -0.637. The number of imidazole rings is 1. The molecule has 1 aliphatic heterocycles. The number of benzene rings is 2. The van der Waals surface area contributed by atoms with Crippen molar-refractivity contribution in [3.05, 3.63) is 65.5 Å². The van der Waals surface area contributed by atoms with E-state index in [0.29, 0.717) is 12.0 Å². The molecule has 1 aromatic heterocycles. The average molecular weight is 420 g/mol. The van der Waals surface area contributed by atoms with Crippen LogP contribution in [0.4, 0.5) is 8.78 Å². The largest absolute Gasteiger partial charge is 0.330 e. The van der Waals surface area contributed by atoms with Crippen molar-refractivity contribution in [3.8, 4) is 0 Å². The fourth-order valence-electron chi connectivity index (χ4n) is 5.95. The van der Waals surface area contributed by atoms with Gasteiger partial charge in [0, 0.05) is 25.2 Å². The van der Waals surface area contributed by atoms with E-state index >= 15 is 0 Å². The van der Waals surface area contributed by atoms with Crippen LogP contribution in [0.15, 0.2) is 47.8 Å². The van der Waals surface area contributed by atoms with Gasteiger partial charge in [-0.2, -0.15) is 5.10 Å². The second kappa shape index (κ2) is 6.22. The molecule has 0 saturated heterocycles. The van der Waals surface area contributed by atoms with Crippen molar-refractivity contribution >= 4 is 23.2 Å². The Morgan fingerprint density at radius 3 is 2.61 bits per heavy atom. The zero-order valence-electron chi connectivity index (χ0n) is 17.2. The Kier molecular flexibility index (Phi) is 3.74. The fourth-order valence-corrected chi connectivity index (χ4v) is 5.95. The van der Waals surface area contributed by atoms with Gasteiger partial charge in [0.05, 0.1) is 28.8 Å². The van der Waals surface area contributed by atoms with Gasteiger partial charge >= 0.3 is 0 Å². The van der Waals surface area contributed by atoms with E-state index in [-0.39, 0.29) is 11.3 Å². The lowest BCUT2D eigenvalue weighted by molar-refractivity contribution is -0.222. The van der Waals surface area contributed by atoms with Crippen molar-refractivity contribution < 1.29 is 13.6 Å². The minimum absolute atomic E-state index is 0.0242. The molecule has 3 aromatic rings. The van der Waals surface area contributed by atoms with Crippen molar-refractivity contribution in [1.29, 1.82) is 0 Å². The molecule has 0 radical (unpaired) electrons. The van der Waals surface area contributed by atoms with E-state index in [1.807, 2.05) is 6.33 Å². The van der Waals surface area contributed by atoms with Gasteiger partial charge in [0.2, 0.25) is 5.91 Å². The molecule has 4 aliphatic rings. The number of aryl methyl sites for hydroxylation is 1. The standard InChI is InChI=1S/C24H22F2N4O/c1-15-2-3-21-19(6-15)27-14-29(21)13-23-10-24(11-23,12-23)22(31)30-20(4-5-28-30)16-7-17(25)9-18(26)8-16/h2-3,5-9,14,20H,4,10-13H2,1H3. The molecule has 2 heterocycles. The predicted molar refractivity (Wildman–Crippen MR) is 112 cm³/mol. The number of halogens is 2. The molecule has 158 valence electrons. The van der Waals surface area contributed by atoms with Crippen LogP contribution in [0.1, 0.15) is 42.9 Å². The summed E-state index contributed by atoms with van der Waals surface area (Å²) in [5.41, 5.74) is 3.48. The summed E-state index contributed by atoms with van der Waals surface area (Å²) in [7, 11) is 0. The molecule has 3 fully saturated rings. The molecule has 5 nitrogen and oxygen atoms in total. The van der Waals surface area contributed by atoms with Crippen LogP contribution in [0.5, 0.6) is 0 Å². The van der Waals surface area contributed by atoms with Crippen molar-refractivity contribution in [1.82, 2.24) is 14.6 Å².